The first-order valence-electron chi connectivity index (χ1n) is 12.4. The van der Waals surface area contributed by atoms with Gasteiger partial charge >= 0.3 is 0 Å². The second kappa shape index (κ2) is 10.5. The number of anilines is 4. The van der Waals surface area contributed by atoms with E-state index >= 15 is 0 Å². The number of fused-ring (bicyclic) bond motifs is 1. The van der Waals surface area contributed by atoms with E-state index < -0.39 is 51.8 Å². The highest BCUT2D eigenvalue weighted by Crippen LogP contribution is 2.31. The number of hydrogen-bond donors (Lipinski definition) is 7. The predicted octanol–water partition coefficient (Wildman–Crippen LogP) is -3.06. The van der Waals surface area contributed by atoms with E-state index in [9.17, 15) is 34.2 Å². The lowest BCUT2D eigenvalue weighted by molar-refractivity contribution is -0.0312. The Labute approximate surface area is 223 Å². The van der Waals surface area contributed by atoms with Crippen LogP contribution in [0.5, 0.6) is 5.75 Å². The van der Waals surface area contributed by atoms with Gasteiger partial charge in [-0.3, -0.25) is 33.5 Å². The van der Waals surface area contributed by atoms with Crippen LogP contribution in [0.25, 0.3) is 11.2 Å². The Kier molecular flexibility index (Phi) is 7.09. The van der Waals surface area contributed by atoms with Gasteiger partial charge < -0.3 is 41.4 Å². The summed E-state index contributed by atoms with van der Waals surface area (Å²) in [5.41, 5.74) is 2.42. The van der Waals surface area contributed by atoms with Crippen molar-refractivity contribution in [2.75, 3.05) is 47.9 Å². The van der Waals surface area contributed by atoms with Crippen LogP contribution in [0.1, 0.15) is 19.6 Å². The van der Waals surface area contributed by atoms with E-state index in [1.165, 1.54) is 10.9 Å². The Morgan fingerprint density at radius 1 is 1.00 bits per heavy atom. The maximum atomic E-state index is 12.1. The van der Waals surface area contributed by atoms with E-state index in [2.05, 4.69) is 30.9 Å². The zero-order valence-corrected chi connectivity index (χ0v) is 21.1. The van der Waals surface area contributed by atoms with Gasteiger partial charge in [-0.15, -0.1) is 0 Å². The van der Waals surface area contributed by atoms with Crippen LogP contribution in [0.15, 0.2) is 30.3 Å². The number of hydrogen-bond acceptors (Lipinski definition) is 15. The molecule has 8 N–H and O–H groups in total. The lowest BCUT2D eigenvalue weighted by Crippen LogP contribution is -2.41. The van der Waals surface area contributed by atoms with Crippen LogP contribution in [0.3, 0.4) is 0 Å². The second-order valence-corrected chi connectivity index (χ2v) is 9.11. The van der Waals surface area contributed by atoms with Gasteiger partial charge in [-0.2, -0.15) is 4.98 Å². The standard InChI is InChI=1S/C23H26N8O9/c1-2-39-19-11(16(35)17(19)36)26-5-3-4-25-9-10(15(34)14(9)33)27-6-8-13(32)18(37)22(40-8)31-7-28-12-20(31)29-23(24)30-21(12)38/h7-8,13,18,22,25-27,32,37H,2-6H2,1H3,(H3,24,29,30,38)/t8-,13-,18-,22-/m1/s1. The summed E-state index contributed by atoms with van der Waals surface area (Å²) in [6, 6.07) is 0. The van der Waals surface area contributed by atoms with E-state index in [0.717, 1.165) is 0 Å². The summed E-state index contributed by atoms with van der Waals surface area (Å²) in [4.78, 5) is 69.7. The van der Waals surface area contributed by atoms with E-state index in [1.54, 1.807) is 6.92 Å². The summed E-state index contributed by atoms with van der Waals surface area (Å²) in [6.07, 6.45) is -3.33. The van der Waals surface area contributed by atoms with Crippen LogP contribution in [0.2, 0.25) is 0 Å². The summed E-state index contributed by atoms with van der Waals surface area (Å²) >= 11 is 0. The maximum Gasteiger partial charge on any atom is 0.280 e. The molecule has 0 bridgehead atoms. The molecule has 0 radical (unpaired) electrons. The Morgan fingerprint density at radius 3 is 2.35 bits per heavy atom. The number of rotatable bonds is 12. The number of aliphatic hydroxyl groups is 2. The molecule has 0 spiro atoms. The Balaban J connectivity index is 1.17. The number of nitrogen functional groups attached to an aromatic ring is 1. The molecule has 0 saturated carbocycles. The number of H-pyrrole nitrogens is 1. The van der Waals surface area contributed by atoms with Gasteiger partial charge in [0.15, 0.2) is 23.1 Å². The molecule has 1 aliphatic heterocycles. The molecule has 1 saturated heterocycles. The molecular weight excluding hydrogens is 532 g/mol. The minimum atomic E-state index is -1.43. The lowest BCUT2D eigenvalue weighted by Gasteiger charge is -2.19. The summed E-state index contributed by atoms with van der Waals surface area (Å²) in [7, 11) is 0. The van der Waals surface area contributed by atoms with Crippen molar-refractivity contribution in [3.8, 4) is 5.75 Å². The quantitative estimate of drug-likeness (QED) is 0.0673. The van der Waals surface area contributed by atoms with Crippen molar-refractivity contribution in [3.05, 3.63) is 57.6 Å². The number of aliphatic hydroxyl groups excluding tert-OH is 2. The van der Waals surface area contributed by atoms with Crippen molar-refractivity contribution in [3.63, 3.8) is 0 Å². The zero-order valence-electron chi connectivity index (χ0n) is 21.1. The largest absolute Gasteiger partial charge is 0.488 e. The maximum absolute atomic E-state index is 12.1. The topological polar surface area (TPSA) is 253 Å². The monoisotopic (exact) mass is 558 g/mol. The number of imidazole rings is 1. The fourth-order valence-corrected chi connectivity index (χ4v) is 4.52. The van der Waals surface area contributed by atoms with E-state index in [4.69, 9.17) is 15.2 Å². The van der Waals surface area contributed by atoms with Crippen molar-refractivity contribution in [2.24, 2.45) is 0 Å². The number of aromatic nitrogens is 4. The molecule has 2 aromatic heterocycles. The molecule has 0 aliphatic carbocycles. The fourth-order valence-electron chi connectivity index (χ4n) is 4.52. The smallest absolute Gasteiger partial charge is 0.280 e. The van der Waals surface area contributed by atoms with Gasteiger partial charge in [-0.1, -0.05) is 0 Å². The number of aromatic amines is 1. The first kappa shape index (κ1) is 27.0. The number of nitrogens with zero attached hydrogens (tertiary/aromatic N) is 3. The van der Waals surface area contributed by atoms with Gasteiger partial charge in [0.2, 0.25) is 5.95 Å². The number of nitrogens with two attached hydrogens (primary N) is 1. The zero-order chi connectivity index (χ0) is 28.7. The van der Waals surface area contributed by atoms with Crippen molar-refractivity contribution < 1.29 is 19.7 Å². The molecule has 3 heterocycles. The van der Waals surface area contributed by atoms with E-state index in [0.29, 0.717) is 13.0 Å². The molecule has 40 heavy (non-hydrogen) atoms. The normalized spacial score (nSPS) is 20.9. The van der Waals surface area contributed by atoms with E-state index in [1.807, 2.05) is 0 Å². The Morgan fingerprint density at radius 2 is 1.65 bits per heavy atom. The molecule has 4 aromatic rings. The predicted molar refractivity (Wildman–Crippen MR) is 142 cm³/mol. The summed E-state index contributed by atoms with van der Waals surface area (Å²) in [5.74, 6) is -0.159. The van der Waals surface area contributed by atoms with Crippen molar-refractivity contribution in [2.45, 2.75) is 37.9 Å². The molecule has 1 fully saturated rings. The van der Waals surface area contributed by atoms with Crippen LogP contribution in [0.4, 0.5) is 23.0 Å². The molecule has 4 atom stereocenters. The van der Waals surface area contributed by atoms with Crippen molar-refractivity contribution >= 4 is 34.2 Å². The molecule has 0 amide bonds. The summed E-state index contributed by atoms with van der Waals surface area (Å²) < 4.78 is 12.2. The van der Waals surface area contributed by atoms with Gasteiger partial charge in [-0.05, 0) is 13.3 Å². The van der Waals surface area contributed by atoms with Crippen LogP contribution < -0.4 is 53.7 Å². The van der Waals surface area contributed by atoms with Crippen LogP contribution in [-0.4, -0.2) is 74.3 Å². The van der Waals surface area contributed by atoms with Crippen LogP contribution in [-0.2, 0) is 4.74 Å². The molecule has 0 unspecified atom stereocenters. The average molecular weight is 559 g/mol. The Bertz CT molecular complexity index is 1760. The summed E-state index contributed by atoms with van der Waals surface area (Å²) in [5, 5.41) is 29.6. The SMILES string of the molecule is CCOc1c(NCCCNc2c(NC[C@H]3O[C@@H](n4cnc5c(=O)[nH]c(N)nc54)[C@H](O)[C@@H]3O)c(=O)c2=O)c(=O)c1=O. The molecule has 212 valence electrons. The van der Waals surface area contributed by atoms with Crippen LogP contribution in [0, 0.1) is 0 Å². The van der Waals surface area contributed by atoms with Crippen LogP contribution >= 0.6 is 0 Å². The van der Waals surface area contributed by atoms with Gasteiger partial charge in [0, 0.05) is 19.6 Å². The highest BCUT2D eigenvalue weighted by molar-refractivity contribution is 5.74. The van der Waals surface area contributed by atoms with Gasteiger partial charge in [0.1, 0.15) is 35.4 Å². The third-order valence-electron chi connectivity index (χ3n) is 6.56. The van der Waals surface area contributed by atoms with Crippen molar-refractivity contribution in [1.82, 2.24) is 19.5 Å². The highest BCUT2D eigenvalue weighted by Gasteiger charge is 2.44. The number of ether oxygens (including phenoxy) is 2. The minimum Gasteiger partial charge on any atom is -0.488 e. The Hall–Kier alpha value is -4.61. The average Bonchev–Trinajstić information content (AvgIpc) is 3.48. The fraction of sp³-hybridized carbons (Fsp3) is 0.435. The van der Waals surface area contributed by atoms with Crippen molar-refractivity contribution in [1.29, 1.82) is 0 Å². The summed E-state index contributed by atoms with van der Waals surface area (Å²) in [6.45, 7) is 2.37. The third-order valence-corrected chi connectivity index (χ3v) is 6.56. The molecule has 1 aliphatic rings. The van der Waals surface area contributed by atoms with Gasteiger partial charge in [0.25, 0.3) is 27.3 Å². The molecule has 5 rings (SSSR count). The molecular formula is C23H26N8O9. The molecule has 17 nitrogen and oxygen atoms in total. The number of nitrogens with one attached hydrogen (secondary N) is 4. The van der Waals surface area contributed by atoms with Gasteiger partial charge in [0.05, 0.1) is 12.9 Å². The van der Waals surface area contributed by atoms with E-state index in [-0.39, 0.29) is 59.6 Å². The lowest BCUT2D eigenvalue weighted by atomic mass is 10.1. The second-order valence-electron chi connectivity index (χ2n) is 9.11. The minimum absolute atomic E-state index is 0.00172. The molecule has 2 aromatic carbocycles. The first-order valence-corrected chi connectivity index (χ1v) is 12.4. The molecule has 17 heteroatoms. The highest BCUT2D eigenvalue weighted by atomic mass is 16.6. The van der Waals surface area contributed by atoms with Gasteiger partial charge in [-0.25, -0.2) is 4.98 Å². The third kappa shape index (κ3) is 4.48. The first-order chi connectivity index (χ1) is 19.1.